The molecule has 2 unspecified atom stereocenters. The minimum atomic E-state index is 0.756. The predicted octanol–water partition coefficient (Wildman–Crippen LogP) is 3.33. The minimum absolute atomic E-state index is 0.756. The molecule has 1 aromatic rings. The largest absolute Gasteiger partial charge is 0.312 e. The van der Waals surface area contributed by atoms with Gasteiger partial charge in [0.15, 0.2) is 0 Å². The summed E-state index contributed by atoms with van der Waals surface area (Å²) in [5, 5.41) is 3.76. The molecule has 1 aliphatic rings. The van der Waals surface area contributed by atoms with Crippen molar-refractivity contribution >= 4 is 0 Å². The molecule has 0 amide bonds. The van der Waals surface area contributed by atoms with Crippen LogP contribution in [0.25, 0.3) is 0 Å². The molecule has 0 bridgehead atoms. The van der Waals surface area contributed by atoms with Crippen molar-refractivity contribution in [1.82, 2.24) is 10.2 Å². The third-order valence-electron chi connectivity index (χ3n) is 4.64. The van der Waals surface area contributed by atoms with E-state index < -0.39 is 0 Å². The van der Waals surface area contributed by atoms with Gasteiger partial charge in [-0.1, -0.05) is 50.1 Å². The smallest absolute Gasteiger partial charge is 0.0104 e. The fourth-order valence-corrected chi connectivity index (χ4v) is 3.14. The molecule has 0 aromatic heterocycles. The van der Waals surface area contributed by atoms with Crippen molar-refractivity contribution in [2.45, 2.75) is 45.1 Å². The van der Waals surface area contributed by atoms with E-state index in [-0.39, 0.29) is 0 Å². The Hall–Kier alpha value is -0.860. The van der Waals surface area contributed by atoms with Crippen molar-refractivity contribution < 1.29 is 0 Å². The highest BCUT2D eigenvalue weighted by Gasteiger charge is 2.20. The molecule has 0 spiro atoms. The fourth-order valence-electron chi connectivity index (χ4n) is 3.14. The summed E-state index contributed by atoms with van der Waals surface area (Å²) in [6.45, 7) is 5.82. The van der Waals surface area contributed by atoms with E-state index in [0.717, 1.165) is 38.0 Å². The molecule has 0 aliphatic heterocycles. The summed E-state index contributed by atoms with van der Waals surface area (Å²) in [5.74, 6) is 0.860. The maximum Gasteiger partial charge on any atom is 0.0104 e. The summed E-state index contributed by atoms with van der Waals surface area (Å²) < 4.78 is 0. The van der Waals surface area contributed by atoms with Crippen LogP contribution in [0.15, 0.2) is 30.3 Å². The second kappa shape index (κ2) is 8.43. The first-order valence-electron chi connectivity index (χ1n) is 8.21. The maximum atomic E-state index is 3.76. The quantitative estimate of drug-likeness (QED) is 0.820. The van der Waals surface area contributed by atoms with Gasteiger partial charge in [-0.15, -0.1) is 0 Å². The van der Waals surface area contributed by atoms with Crippen LogP contribution >= 0.6 is 0 Å². The van der Waals surface area contributed by atoms with E-state index in [0.29, 0.717) is 0 Å². The van der Waals surface area contributed by atoms with Crippen molar-refractivity contribution in [2.75, 3.05) is 26.7 Å². The minimum Gasteiger partial charge on any atom is -0.312 e. The summed E-state index contributed by atoms with van der Waals surface area (Å²) in [5.41, 5.74) is 1.44. The Balaban J connectivity index is 1.59. The summed E-state index contributed by atoms with van der Waals surface area (Å²) in [6.07, 6.45) is 6.76. The Labute approximate surface area is 124 Å². The molecule has 20 heavy (non-hydrogen) atoms. The van der Waals surface area contributed by atoms with Crippen LogP contribution in [0.1, 0.15) is 38.2 Å². The standard InChI is InChI=1S/C18H30N2/c1-16-8-6-7-11-18(16)19-13-15-20(2)14-12-17-9-4-3-5-10-17/h3-5,9-10,16,18-19H,6-8,11-15H2,1-2H3. The van der Waals surface area contributed by atoms with Gasteiger partial charge in [0.05, 0.1) is 0 Å². The van der Waals surface area contributed by atoms with E-state index in [9.17, 15) is 0 Å². The normalized spacial score (nSPS) is 23.1. The lowest BCUT2D eigenvalue weighted by molar-refractivity contribution is 0.261. The Kier molecular flexibility index (Phi) is 6.55. The van der Waals surface area contributed by atoms with Gasteiger partial charge in [0.1, 0.15) is 0 Å². The SMILES string of the molecule is CC1CCCCC1NCCN(C)CCc1ccccc1. The summed E-state index contributed by atoms with van der Waals surface area (Å²) in [7, 11) is 2.23. The van der Waals surface area contributed by atoms with Gasteiger partial charge in [0.25, 0.3) is 0 Å². The van der Waals surface area contributed by atoms with Crippen LogP contribution in [-0.4, -0.2) is 37.6 Å². The lowest BCUT2D eigenvalue weighted by Crippen LogP contribution is -2.41. The van der Waals surface area contributed by atoms with Gasteiger partial charge in [-0.3, -0.25) is 0 Å². The van der Waals surface area contributed by atoms with Crippen molar-refractivity contribution in [3.05, 3.63) is 35.9 Å². The molecule has 112 valence electrons. The molecule has 1 aromatic carbocycles. The highest BCUT2D eigenvalue weighted by molar-refractivity contribution is 5.14. The maximum absolute atomic E-state index is 3.76. The molecular weight excluding hydrogens is 244 g/mol. The molecule has 1 saturated carbocycles. The molecule has 2 rings (SSSR count). The molecule has 2 atom stereocenters. The topological polar surface area (TPSA) is 15.3 Å². The average molecular weight is 274 g/mol. The van der Waals surface area contributed by atoms with Gasteiger partial charge < -0.3 is 10.2 Å². The van der Waals surface area contributed by atoms with Crippen LogP contribution in [0, 0.1) is 5.92 Å². The number of likely N-dealkylation sites (N-methyl/N-ethyl adjacent to an activating group) is 1. The third-order valence-corrected chi connectivity index (χ3v) is 4.64. The number of nitrogens with one attached hydrogen (secondary N) is 1. The zero-order valence-corrected chi connectivity index (χ0v) is 13.1. The van der Waals surface area contributed by atoms with Crippen LogP contribution in [-0.2, 0) is 6.42 Å². The molecule has 1 N–H and O–H groups in total. The first kappa shape index (κ1) is 15.5. The van der Waals surface area contributed by atoms with Crippen molar-refractivity contribution in [1.29, 1.82) is 0 Å². The Morgan fingerprint density at radius 3 is 2.60 bits per heavy atom. The molecule has 1 fully saturated rings. The Bertz CT molecular complexity index is 363. The van der Waals surface area contributed by atoms with Gasteiger partial charge in [-0.05, 0) is 37.8 Å². The van der Waals surface area contributed by atoms with E-state index in [1.807, 2.05) is 0 Å². The number of nitrogens with zero attached hydrogens (tertiary/aromatic N) is 1. The second-order valence-electron chi connectivity index (χ2n) is 6.36. The highest BCUT2D eigenvalue weighted by Crippen LogP contribution is 2.23. The van der Waals surface area contributed by atoms with Crippen LogP contribution in [0.4, 0.5) is 0 Å². The zero-order valence-electron chi connectivity index (χ0n) is 13.1. The van der Waals surface area contributed by atoms with Crippen LogP contribution in [0.5, 0.6) is 0 Å². The lowest BCUT2D eigenvalue weighted by atomic mass is 9.86. The second-order valence-corrected chi connectivity index (χ2v) is 6.36. The summed E-state index contributed by atoms with van der Waals surface area (Å²) in [6, 6.07) is 11.5. The molecule has 1 aliphatic carbocycles. The first-order chi connectivity index (χ1) is 9.75. The van der Waals surface area contributed by atoms with Gasteiger partial charge >= 0.3 is 0 Å². The molecule has 0 radical (unpaired) electrons. The Morgan fingerprint density at radius 1 is 1.10 bits per heavy atom. The van der Waals surface area contributed by atoms with Crippen molar-refractivity contribution in [3.63, 3.8) is 0 Å². The number of hydrogen-bond acceptors (Lipinski definition) is 2. The van der Waals surface area contributed by atoms with Crippen LogP contribution in [0.3, 0.4) is 0 Å². The lowest BCUT2D eigenvalue weighted by Gasteiger charge is -2.30. The number of hydrogen-bond donors (Lipinski definition) is 1. The van der Waals surface area contributed by atoms with Gasteiger partial charge in [0.2, 0.25) is 0 Å². The van der Waals surface area contributed by atoms with E-state index in [4.69, 9.17) is 0 Å². The third kappa shape index (κ3) is 5.26. The number of rotatable bonds is 7. The predicted molar refractivity (Wildman–Crippen MR) is 87.1 cm³/mol. The average Bonchev–Trinajstić information content (AvgIpc) is 2.48. The Morgan fingerprint density at radius 2 is 1.85 bits per heavy atom. The van der Waals surface area contributed by atoms with Gasteiger partial charge in [-0.2, -0.15) is 0 Å². The summed E-state index contributed by atoms with van der Waals surface area (Å²) >= 11 is 0. The van der Waals surface area contributed by atoms with E-state index >= 15 is 0 Å². The first-order valence-corrected chi connectivity index (χ1v) is 8.21. The zero-order chi connectivity index (χ0) is 14.2. The fraction of sp³-hybridized carbons (Fsp3) is 0.667. The van der Waals surface area contributed by atoms with Crippen molar-refractivity contribution in [2.24, 2.45) is 5.92 Å². The van der Waals surface area contributed by atoms with E-state index in [2.05, 4.69) is 54.5 Å². The highest BCUT2D eigenvalue weighted by atomic mass is 15.1. The van der Waals surface area contributed by atoms with Gasteiger partial charge in [0, 0.05) is 25.7 Å². The van der Waals surface area contributed by atoms with Crippen LogP contribution in [0.2, 0.25) is 0 Å². The molecular formula is C18H30N2. The van der Waals surface area contributed by atoms with Gasteiger partial charge in [-0.25, -0.2) is 0 Å². The summed E-state index contributed by atoms with van der Waals surface area (Å²) in [4.78, 5) is 2.44. The molecule has 0 saturated heterocycles. The van der Waals surface area contributed by atoms with E-state index in [1.54, 1.807) is 0 Å². The van der Waals surface area contributed by atoms with Crippen LogP contribution < -0.4 is 5.32 Å². The monoisotopic (exact) mass is 274 g/mol. The number of benzene rings is 1. The van der Waals surface area contributed by atoms with E-state index in [1.165, 1.54) is 31.2 Å². The molecule has 0 heterocycles. The molecule has 2 nitrogen and oxygen atoms in total. The van der Waals surface area contributed by atoms with Crippen molar-refractivity contribution in [3.8, 4) is 0 Å². The molecule has 2 heteroatoms.